The molecule has 0 unspecified atom stereocenters. The van der Waals surface area contributed by atoms with Gasteiger partial charge in [-0.1, -0.05) is 34.9 Å². The third-order valence-corrected chi connectivity index (χ3v) is 2.91. The maximum atomic E-state index is 13.1. The normalized spacial score (nSPS) is 10.6. The van der Waals surface area contributed by atoms with Crippen LogP contribution in [0.4, 0.5) is 4.39 Å². The lowest BCUT2D eigenvalue weighted by Gasteiger charge is -2.00. The van der Waals surface area contributed by atoms with Crippen molar-refractivity contribution >= 4 is 11.6 Å². The van der Waals surface area contributed by atoms with Crippen LogP contribution >= 0.6 is 11.6 Å². The van der Waals surface area contributed by atoms with E-state index in [1.54, 1.807) is 24.3 Å². The molecule has 0 saturated carbocycles. The van der Waals surface area contributed by atoms with Crippen molar-refractivity contribution in [1.29, 1.82) is 0 Å². The first kappa shape index (κ1) is 13.4. The van der Waals surface area contributed by atoms with Crippen LogP contribution < -0.4 is 10.5 Å². The first-order valence-electron chi connectivity index (χ1n) is 5.92. The van der Waals surface area contributed by atoms with E-state index in [2.05, 4.69) is 5.10 Å². The molecule has 0 radical (unpaired) electrons. The molecular formula is C14H8ClFN2O3. The van der Waals surface area contributed by atoms with Crippen molar-refractivity contribution in [3.05, 3.63) is 69.9 Å². The molecule has 0 atom stereocenters. The molecule has 0 amide bonds. The Balaban J connectivity index is 1.94. The van der Waals surface area contributed by atoms with Gasteiger partial charge in [-0.15, -0.1) is 0 Å². The van der Waals surface area contributed by atoms with E-state index < -0.39 is 11.6 Å². The number of nitrogens with zero attached hydrogens (tertiary/aromatic N) is 2. The Labute approximate surface area is 123 Å². The van der Waals surface area contributed by atoms with Crippen LogP contribution in [0.25, 0.3) is 5.69 Å². The molecule has 0 bridgehead atoms. The lowest BCUT2D eigenvalue weighted by Crippen LogP contribution is -2.13. The van der Waals surface area contributed by atoms with Crippen molar-refractivity contribution in [2.75, 3.05) is 0 Å². The molecule has 1 aromatic heterocycles. The number of aromatic nitrogens is 2. The predicted molar refractivity (Wildman–Crippen MR) is 73.6 cm³/mol. The molecule has 2 aromatic carbocycles. The highest BCUT2D eigenvalue weighted by Gasteiger charge is 2.13. The molecule has 0 saturated heterocycles. The van der Waals surface area contributed by atoms with E-state index in [4.69, 9.17) is 20.8 Å². The molecule has 106 valence electrons. The highest BCUT2D eigenvalue weighted by molar-refractivity contribution is 6.30. The van der Waals surface area contributed by atoms with E-state index in [1.165, 1.54) is 12.1 Å². The van der Waals surface area contributed by atoms with Gasteiger partial charge < -0.3 is 9.15 Å². The molecule has 3 aromatic rings. The van der Waals surface area contributed by atoms with Crippen molar-refractivity contribution in [2.45, 2.75) is 0 Å². The third-order valence-electron chi connectivity index (χ3n) is 2.63. The summed E-state index contributed by atoms with van der Waals surface area (Å²) >= 11 is 5.67. The Hall–Kier alpha value is -2.60. The van der Waals surface area contributed by atoms with Crippen LogP contribution in [-0.2, 0) is 0 Å². The van der Waals surface area contributed by atoms with Crippen molar-refractivity contribution in [1.82, 2.24) is 9.78 Å². The fourth-order valence-electron chi connectivity index (χ4n) is 1.67. The van der Waals surface area contributed by atoms with Crippen molar-refractivity contribution in [3.63, 3.8) is 0 Å². The largest absolute Gasteiger partial charge is 0.444 e. The van der Waals surface area contributed by atoms with Crippen LogP contribution in [-0.4, -0.2) is 9.78 Å². The van der Waals surface area contributed by atoms with Crippen LogP contribution in [0.5, 0.6) is 11.8 Å². The van der Waals surface area contributed by atoms with Gasteiger partial charge in [0, 0.05) is 0 Å². The summed E-state index contributed by atoms with van der Waals surface area (Å²) in [6.07, 6.45) is -0.216. The summed E-state index contributed by atoms with van der Waals surface area (Å²) in [6, 6.07) is 12.5. The zero-order valence-corrected chi connectivity index (χ0v) is 11.2. The topological polar surface area (TPSA) is 57.3 Å². The van der Waals surface area contributed by atoms with Crippen molar-refractivity contribution in [3.8, 4) is 17.5 Å². The van der Waals surface area contributed by atoms with Gasteiger partial charge in [-0.3, -0.25) is 0 Å². The number of hydrogen-bond donors (Lipinski definition) is 0. The number of benzene rings is 2. The number of hydrogen-bond acceptors (Lipinski definition) is 4. The minimum Gasteiger partial charge on any atom is -0.410 e. The number of para-hydroxylation sites is 1. The summed E-state index contributed by atoms with van der Waals surface area (Å²) in [5, 5.41) is 3.76. The molecule has 0 aliphatic rings. The molecule has 0 fully saturated rings. The lowest BCUT2D eigenvalue weighted by atomic mass is 10.3. The molecule has 0 aliphatic carbocycles. The lowest BCUT2D eigenvalue weighted by molar-refractivity contribution is 0.320. The quantitative estimate of drug-likeness (QED) is 0.744. The second kappa shape index (κ2) is 5.41. The van der Waals surface area contributed by atoms with Gasteiger partial charge >= 0.3 is 11.8 Å². The first-order valence-corrected chi connectivity index (χ1v) is 6.30. The fraction of sp³-hybridized carbons (Fsp3) is 0. The average molecular weight is 307 g/mol. The summed E-state index contributed by atoms with van der Waals surface area (Å²) in [6.45, 7) is 0. The van der Waals surface area contributed by atoms with Crippen LogP contribution in [0.15, 0.2) is 57.7 Å². The van der Waals surface area contributed by atoms with Gasteiger partial charge in [0.25, 0.3) is 0 Å². The Morgan fingerprint density at radius 2 is 1.95 bits per heavy atom. The maximum Gasteiger partial charge on any atom is 0.444 e. The smallest absolute Gasteiger partial charge is 0.410 e. The monoisotopic (exact) mass is 306 g/mol. The van der Waals surface area contributed by atoms with E-state index >= 15 is 0 Å². The second-order valence-electron chi connectivity index (χ2n) is 4.06. The molecule has 21 heavy (non-hydrogen) atoms. The molecule has 3 rings (SSSR count). The van der Waals surface area contributed by atoms with E-state index in [1.807, 2.05) is 6.07 Å². The minimum absolute atomic E-state index is 0.118. The minimum atomic E-state index is -0.761. The molecule has 0 spiro atoms. The Morgan fingerprint density at radius 3 is 2.67 bits per heavy atom. The maximum absolute atomic E-state index is 13.1. The number of halogens is 2. The first-order chi connectivity index (χ1) is 10.1. The van der Waals surface area contributed by atoms with E-state index in [0.29, 0.717) is 5.75 Å². The highest BCUT2D eigenvalue weighted by atomic mass is 35.5. The van der Waals surface area contributed by atoms with Crippen LogP contribution in [0.2, 0.25) is 5.02 Å². The van der Waals surface area contributed by atoms with E-state index in [0.717, 1.165) is 10.7 Å². The van der Waals surface area contributed by atoms with E-state index in [-0.39, 0.29) is 16.8 Å². The summed E-state index contributed by atoms with van der Waals surface area (Å²) < 4.78 is 24.2. The molecule has 0 aliphatic heterocycles. The number of rotatable bonds is 3. The zero-order valence-electron chi connectivity index (χ0n) is 10.5. The molecule has 1 heterocycles. The van der Waals surface area contributed by atoms with Crippen molar-refractivity contribution in [2.24, 2.45) is 0 Å². The Morgan fingerprint density at radius 1 is 1.19 bits per heavy atom. The Kier molecular flexibility index (Phi) is 3.45. The van der Waals surface area contributed by atoms with Gasteiger partial charge in [0.15, 0.2) is 0 Å². The van der Waals surface area contributed by atoms with Gasteiger partial charge in [0.05, 0.1) is 10.7 Å². The molecule has 7 heteroatoms. The summed E-state index contributed by atoms with van der Waals surface area (Å²) in [5.41, 5.74) is 0.276. The van der Waals surface area contributed by atoms with Gasteiger partial charge in [-0.25, -0.2) is 9.18 Å². The van der Waals surface area contributed by atoms with Crippen molar-refractivity contribution < 1.29 is 13.5 Å². The molecule has 5 nitrogen and oxygen atoms in total. The van der Waals surface area contributed by atoms with Gasteiger partial charge in [-0.2, -0.15) is 4.68 Å². The Bertz CT molecular complexity index is 830. The molecular weight excluding hydrogens is 299 g/mol. The fourth-order valence-corrected chi connectivity index (χ4v) is 1.85. The zero-order chi connectivity index (χ0) is 14.8. The van der Waals surface area contributed by atoms with Gasteiger partial charge in [0.2, 0.25) is 0 Å². The van der Waals surface area contributed by atoms with Gasteiger partial charge in [0.1, 0.15) is 11.6 Å². The standard InChI is InChI=1S/C14H8ClFN2O3/c15-11-8-9(6-7-12(11)16)18-14(19)21-13(17-18)20-10-4-2-1-3-5-10/h1-8H. The average Bonchev–Trinajstić information content (AvgIpc) is 2.84. The third kappa shape index (κ3) is 2.80. The highest BCUT2D eigenvalue weighted by Crippen LogP contribution is 2.20. The summed E-state index contributed by atoms with van der Waals surface area (Å²) in [4.78, 5) is 11.7. The van der Waals surface area contributed by atoms with Crippen LogP contribution in [0.3, 0.4) is 0 Å². The van der Waals surface area contributed by atoms with E-state index in [9.17, 15) is 9.18 Å². The van der Waals surface area contributed by atoms with Gasteiger partial charge in [-0.05, 0) is 30.3 Å². The number of ether oxygens (including phenoxy) is 1. The summed E-state index contributed by atoms with van der Waals surface area (Å²) in [7, 11) is 0. The SMILES string of the molecule is O=c1oc(Oc2ccccc2)nn1-c1ccc(F)c(Cl)c1. The molecule has 0 N–H and O–H groups in total. The summed E-state index contributed by atoms with van der Waals surface area (Å²) in [5.74, 6) is -0.871. The van der Waals surface area contributed by atoms with Crippen LogP contribution in [0, 0.1) is 5.82 Å². The predicted octanol–water partition coefficient (Wildman–Crippen LogP) is 3.41. The van der Waals surface area contributed by atoms with Crippen LogP contribution in [0.1, 0.15) is 0 Å². The second-order valence-corrected chi connectivity index (χ2v) is 4.47.